The van der Waals surface area contributed by atoms with Crippen molar-refractivity contribution in [1.29, 1.82) is 0 Å². The van der Waals surface area contributed by atoms with Gasteiger partial charge in [-0.3, -0.25) is 0 Å². The molecule has 28 heavy (non-hydrogen) atoms. The molecule has 0 aliphatic heterocycles. The van der Waals surface area contributed by atoms with E-state index in [1.165, 1.54) is 31.2 Å². The fourth-order valence-corrected chi connectivity index (χ4v) is 3.39. The molecule has 154 valence electrons. The van der Waals surface area contributed by atoms with Crippen LogP contribution in [0.2, 0.25) is 0 Å². The van der Waals surface area contributed by atoms with Crippen molar-refractivity contribution in [3.8, 4) is 5.75 Å². The number of guanidine groups is 1. The minimum atomic E-state index is 0. The number of nitrogens with zero attached hydrogens (tertiary/aromatic N) is 4. The lowest BCUT2D eigenvalue weighted by molar-refractivity contribution is 0.414. The highest BCUT2D eigenvalue weighted by molar-refractivity contribution is 14.0. The number of aliphatic imine (C=N–C) groups is 1. The highest BCUT2D eigenvalue weighted by Crippen LogP contribution is 2.18. The zero-order chi connectivity index (χ0) is 19.2. The molecule has 1 aromatic heterocycles. The summed E-state index contributed by atoms with van der Waals surface area (Å²) in [6.45, 7) is 5.21. The van der Waals surface area contributed by atoms with Gasteiger partial charge >= 0.3 is 0 Å². The van der Waals surface area contributed by atoms with Crippen LogP contribution >= 0.6 is 24.0 Å². The van der Waals surface area contributed by atoms with Gasteiger partial charge in [-0.2, -0.15) is 0 Å². The lowest BCUT2D eigenvalue weighted by Crippen LogP contribution is -2.42. The topological polar surface area (TPSA) is 76.4 Å². The van der Waals surface area contributed by atoms with Crippen molar-refractivity contribution in [3.05, 3.63) is 41.0 Å². The standard InChI is InChI=1S/C20H30N6O.HI/c1-14-9-16(11-18(10-14)27-4)12-21-20(23-17-7-5-6-8-17)22-13-19-25-24-15(2)26(19)3;/h9-11,17H,5-8,12-13H2,1-4H3,(H2,21,22,23);1H. The third-order valence-corrected chi connectivity index (χ3v) is 5.06. The fraction of sp³-hybridized carbons (Fsp3) is 0.550. The van der Waals surface area contributed by atoms with E-state index in [-0.39, 0.29) is 24.0 Å². The van der Waals surface area contributed by atoms with Gasteiger partial charge in [0.05, 0.1) is 20.2 Å². The molecule has 0 radical (unpaired) electrons. The van der Waals surface area contributed by atoms with Crippen LogP contribution in [0.15, 0.2) is 23.2 Å². The molecule has 2 N–H and O–H groups in total. The van der Waals surface area contributed by atoms with Gasteiger partial charge in [0, 0.05) is 13.1 Å². The summed E-state index contributed by atoms with van der Waals surface area (Å²) >= 11 is 0. The van der Waals surface area contributed by atoms with Crippen molar-refractivity contribution in [1.82, 2.24) is 25.4 Å². The Bertz CT molecular complexity index is 798. The first-order valence-corrected chi connectivity index (χ1v) is 9.59. The largest absolute Gasteiger partial charge is 0.497 e. The first-order valence-electron chi connectivity index (χ1n) is 9.59. The molecule has 0 atom stereocenters. The fourth-order valence-electron chi connectivity index (χ4n) is 3.39. The van der Waals surface area contributed by atoms with Crippen LogP contribution in [0.5, 0.6) is 5.75 Å². The van der Waals surface area contributed by atoms with E-state index in [0.717, 1.165) is 28.9 Å². The van der Waals surface area contributed by atoms with E-state index in [0.29, 0.717) is 19.1 Å². The van der Waals surface area contributed by atoms with E-state index in [1.807, 2.05) is 30.7 Å². The van der Waals surface area contributed by atoms with E-state index < -0.39 is 0 Å². The predicted octanol–water partition coefficient (Wildman–Crippen LogP) is 3.24. The van der Waals surface area contributed by atoms with Gasteiger partial charge < -0.3 is 19.9 Å². The summed E-state index contributed by atoms with van der Waals surface area (Å²) < 4.78 is 7.36. The van der Waals surface area contributed by atoms with E-state index in [9.17, 15) is 0 Å². The van der Waals surface area contributed by atoms with E-state index in [4.69, 9.17) is 9.73 Å². The molecule has 1 heterocycles. The molecule has 0 bridgehead atoms. The zero-order valence-corrected chi connectivity index (χ0v) is 19.5. The normalized spacial score (nSPS) is 14.6. The Hall–Kier alpha value is -1.84. The Morgan fingerprint density at radius 1 is 1.21 bits per heavy atom. The van der Waals surface area contributed by atoms with Crippen LogP contribution in [0.3, 0.4) is 0 Å². The molecule has 2 aromatic rings. The summed E-state index contributed by atoms with van der Waals surface area (Å²) in [5, 5.41) is 15.3. The van der Waals surface area contributed by atoms with Gasteiger partial charge in [0.1, 0.15) is 11.6 Å². The number of benzene rings is 1. The smallest absolute Gasteiger partial charge is 0.192 e. The maximum absolute atomic E-state index is 5.37. The summed E-state index contributed by atoms with van der Waals surface area (Å²) in [6.07, 6.45) is 4.95. The summed E-state index contributed by atoms with van der Waals surface area (Å²) in [5.41, 5.74) is 2.31. The average Bonchev–Trinajstić information content (AvgIpc) is 3.28. The number of rotatable bonds is 6. The van der Waals surface area contributed by atoms with Crippen LogP contribution in [-0.2, 0) is 20.1 Å². The highest BCUT2D eigenvalue weighted by atomic mass is 127. The first kappa shape index (κ1) is 22.4. The molecule has 0 saturated heterocycles. The second-order valence-corrected chi connectivity index (χ2v) is 7.23. The van der Waals surface area contributed by atoms with Gasteiger partial charge in [-0.05, 0) is 49.9 Å². The Balaban J connectivity index is 0.00000280. The van der Waals surface area contributed by atoms with E-state index in [1.54, 1.807) is 7.11 Å². The summed E-state index contributed by atoms with van der Waals surface area (Å²) in [4.78, 5) is 4.81. The maximum Gasteiger partial charge on any atom is 0.192 e. The van der Waals surface area contributed by atoms with Crippen molar-refractivity contribution >= 4 is 29.9 Å². The number of hydrogen-bond acceptors (Lipinski definition) is 4. The lowest BCUT2D eigenvalue weighted by atomic mass is 10.1. The van der Waals surface area contributed by atoms with Gasteiger partial charge in [0.25, 0.3) is 0 Å². The quantitative estimate of drug-likeness (QED) is 0.364. The molecule has 1 aromatic carbocycles. The van der Waals surface area contributed by atoms with Gasteiger partial charge in [-0.1, -0.05) is 18.9 Å². The van der Waals surface area contributed by atoms with Crippen molar-refractivity contribution in [2.24, 2.45) is 12.0 Å². The summed E-state index contributed by atoms with van der Waals surface area (Å²) in [6, 6.07) is 6.70. The number of methoxy groups -OCH3 is 1. The van der Waals surface area contributed by atoms with Crippen molar-refractivity contribution in [3.63, 3.8) is 0 Å². The number of hydrogen-bond donors (Lipinski definition) is 2. The van der Waals surface area contributed by atoms with Crippen LogP contribution in [0.25, 0.3) is 0 Å². The van der Waals surface area contributed by atoms with Crippen LogP contribution in [0.1, 0.15) is 48.5 Å². The molecule has 0 spiro atoms. The number of nitrogens with one attached hydrogen (secondary N) is 2. The molecule has 1 aliphatic rings. The van der Waals surface area contributed by atoms with Crippen LogP contribution in [-0.4, -0.2) is 33.9 Å². The third-order valence-electron chi connectivity index (χ3n) is 5.06. The Labute approximate surface area is 184 Å². The Kier molecular flexibility index (Phi) is 8.53. The monoisotopic (exact) mass is 498 g/mol. The van der Waals surface area contributed by atoms with Crippen molar-refractivity contribution in [2.75, 3.05) is 7.11 Å². The Morgan fingerprint density at radius 3 is 2.61 bits per heavy atom. The molecule has 8 heteroatoms. The average molecular weight is 498 g/mol. The van der Waals surface area contributed by atoms with Gasteiger partial charge in [0.15, 0.2) is 11.8 Å². The summed E-state index contributed by atoms with van der Waals surface area (Å²) in [7, 11) is 3.67. The van der Waals surface area contributed by atoms with E-state index >= 15 is 0 Å². The van der Waals surface area contributed by atoms with E-state index in [2.05, 4.69) is 33.8 Å². The lowest BCUT2D eigenvalue weighted by Gasteiger charge is -2.17. The molecule has 1 saturated carbocycles. The van der Waals surface area contributed by atoms with Crippen molar-refractivity contribution in [2.45, 2.75) is 58.7 Å². The number of aromatic nitrogens is 3. The van der Waals surface area contributed by atoms with Gasteiger partial charge in [-0.15, -0.1) is 34.2 Å². The highest BCUT2D eigenvalue weighted by Gasteiger charge is 2.16. The Morgan fingerprint density at radius 2 is 1.96 bits per heavy atom. The summed E-state index contributed by atoms with van der Waals surface area (Å²) in [5.74, 6) is 3.49. The van der Waals surface area contributed by atoms with Crippen LogP contribution < -0.4 is 15.4 Å². The number of ether oxygens (including phenoxy) is 1. The molecule has 7 nitrogen and oxygen atoms in total. The van der Waals surface area contributed by atoms with Gasteiger partial charge in [0.2, 0.25) is 0 Å². The van der Waals surface area contributed by atoms with Gasteiger partial charge in [-0.25, -0.2) is 4.99 Å². The second-order valence-electron chi connectivity index (χ2n) is 7.23. The predicted molar refractivity (Wildman–Crippen MR) is 122 cm³/mol. The first-order chi connectivity index (χ1) is 13.0. The van der Waals surface area contributed by atoms with Crippen molar-refractivity contribution < 1.29 is 4.74 Å². The molecular weight excluding hydrogens is 467 g/mol. The molecule has 0 amide bonds. The minimum absolute atomic E-state index is 0. The maximum atomic E-state index is 5.37. The minimum Gasteiger partial charge on any atom is -0.497 e. The SMILES string of the molecule is COc1cc(C)cc(CN=C(NCc2nnc(C)n2C)NC2CCCC2)c1.I. The number of halogens is 1. The zero-order valence-electron chi connectivity index (χ0n) is 17.2. The number of aryl methyl sites for hydroxylation is 2. The third kappa shape index (κ3) is 6.08. The molecular formula is C20H31IN6O. The molecule has 1 fully saturated rings. The molecule has 3 rings (SSSR count). The second kappa shape index (κ2) is 10.6. The molecule has 0 unspecified atom stereocenters. The molecule has 1 aliphatic carbocycles. The van der Waals surface area contributed by atoms with Crippen LogP contribution in [0, 0.1) is 13.8 Å². The van der Waals surface area contributed by atoms with Crippen LogP contribution in [0.4, 0.5) is 0 Å².